The van der Waals surface area contributed by atoms with Crippen LogP contribution in [0.3, 0.4) is 0 Å². The standard InChI is InChI=1S/C13H17F2NOS/c1-8(2)10-6-18-11(17)16(10)5-9-3-12(4-9)7-13(12,14)15/h6,8-9H,3-5,7H2,1-2H3. The van der Waals surface area contributed by atoms with Crippen LogP contribution in [0, 0.1) is 11.3 Å². The normalized spacial score (nSPS) is 32.8. The lowest BCUT2D eigenvalue weighted by Crippen LogP contribution is -2.35. The maximum Gasteiger partial charge on any atom is 0.307 e. The maximum atomic E-state index is 13.1. The number of nitrogens with zero attached hydrogens (tertiary/aromatic N) is 1. The SMILES string of the molecule is CC(C)c1csc(=O)n1CC1CC2(C1)CC2(F)F. The molecule has 100 valence electrons. The molecule has 0 aliphatic heterocycles. The molecule has 18 heavy (non-hydrogen) atoms. The predicted molar refractivity (Wildman–Crippen MR) is 67.4 cm³/mol. The molecule has 1 heterocycles. The Kier molecular flexibility index (Phi) is 2.50. The molecule has 0 amide bonds. The summed E-state index contributed by atoms with van der Waals surface area (Å²) >= 11 is 1.21. The van der Waals surface area contributed by atoms with Crippen molar-refractivity contribution in [2.75, 3.05) is 0 Å². The predicted octanol–water partition coefficient (Wildman–Crippen LogP) is 3.47. The van der Waals surface area contributed by atoms with Gasteiger partial charge < -0.3 is 4.57 Å². The summed E-state index contributed by atoms with van der Waals surface area (Å²) in [6.07, 6.45) is 1.23. The Labute approximate surface area is 109 Å². The molecule has 1 aromatic rings. The Bertz CT molecular complexity index is 525. The number of rotatable bonds is 3. The molecular formula is C13H17F2NOS. The highest BCUT2D eigenvalue weighted by Crippen LogP contribution is 2.72. The van der Waals surface area contributed by atoms with Crippen molar-refractivity contribution in [2.45, 2.75) is 51.5 Å². The molecule has 2 nitrogen and oxygen atoms in total. The van der Waals surface area contributed by atoms with Crippen molar-refractivity contribution in [3.63, 3.8) is 0 Å². The van der Waals surface area contributed by atoms with Crippen molar-refractivity contribution in [3.05, 3.63) is 20.7 Å². The molecule has 2 aliphatic carbocycles. The summed E-state index contributed by atoms with van der Waals surface area (Å²) < 4.78 is 28.0. The van der Waals surface area contributed by atoms with Gasteiger partial charge in [-0.2, -0.15) is 0 Å². The van der Waals surface area contributed by atoms with Gasteiger partial charge in [-0.15, -0.1) is 0 Å². The lowest BCUT2D eigenvalue weighted by Gasteiger charge is -2.36. The maximum absolute atomic E-state index is 13.1. The third kappa shape index (κ3) is 1.67. The number of thiazole rings is 1. The highest BCUT2D eigenvalue weighted by molar-refractivity contribution is 7.07. The van der Waals surface area contributed by atoms with Crippen LogP contribution in [0.25, 0.3) is 0 Å². The topological polar surface area (TPSA) is 22.0 Å². The molecule has 0 atom stereocenters. The first-order chi connectivity index (χ1) is 8.35. The van der Waals surface area contributed by atoms with Crippen molar-refractivity contribution in [2.24, 2.45) is 11.3 Å². The van der Waals surface area contributed by atoms with Crippen LogP contribution in [0.2, 0.25) is 0 Å². The molecule has 0 aromatic carbocycles. The lowest BCUT2D eigenvalue weighted by atomic mass is 9.71. The van der Waals surface area contributed by atoms with Crippen molar-refractivity contribution in [1.82, 2.24) is 4.57 Å². The van der Waals surface area contributed by atoms with E-state index in [2.05, 4.69) is 13.8 Å². The Morgan fingerprint density at radius 2 is 2.11 bits per heavy atom. The number of hydrogen-bond acceptors (Lipinski definition) is 2. The van der Waals surface area contributed by atoms with Crippen LogP contribution in [0.1, 0.15) is 44.7 Å². The van der Waals surface area contributed by atoms with E-state index in [1.54, 1.807) is 4.57 Å². The summed E-state index contributed by atoms with van der Waals surface area (Å²) in [6, 6.07) is 0. The van der Waals surface area contributed by atoms with Crippen LogP contribution in [0.15, 0.2) is 10.2 Å². The van der Waals surface area contributed by atoms with Crippen LogP contribution in [-0.4, -0.2) is 10.5 Å². The average Bonchev–Trinajstić information content (AvgIpc) is 2.60. The van der Waals surface area contributed by atoms with E-state index >= 15 is 0 Å². The number of hydrogen-bond donors (Lipinski definition) is 0. The van der Waals surface area contributed by atoms with Gasteiger partial charge in [0.05, 0.1) is 0 Å². The van der Waals surface area contributed by atoms with Gasteiger partial charge in [-0.1, -0.05) is 25.2 Å². The zero-order valence-corrected chi connectivity index (χ0v) is 11.4. The molecule has 0 saturated heterocycles. The van der Waals surface area contributed by atoms with E-state index in [1.165, 1.54) is 11.3 Å². The number of aromatic nitrogens is 1. The van der Waals surface area contributed by atoms with E-state index < -0.39 is 11.3 Å². The second kappa shape index (κ2) is 3.65. The van der Waals surface area contributed by atoms with Gasteiger partial charge >= 0.3 is 4.87 Å². The van der Waals surface area contributed by atoms with Crippen LogP contribution >= 0.6 is 11.3 Å². The molecular weight excluding hydrogens is 256 g/mol. The van der Waals surface area contributed by atoms with E-state index in [-0.39, 0.29) is 17.2 Å². The third-order valence-corrected chi connectivity index (χ3v) is 5.20. The van der Waals surface area contributed by atoms with Crippen LogP contribution in [0.5, 0.6) is 0 Å². The van der Waals surface area contributed by atoms with Gasteiger partial charge in [0.2, 0.25) is 0 Å². The van der Waals surface area contributed by atoms with Crippen LogP contribution < -0.4 is 4.87 Å². The van der Waals surface area contributed by atoms with Crippen molar-refractivity contribution >= 4 is 11.3 Å². The molecule has 5 heteroatoms. The smallest absolute Gasteiger partial charge is 0.303 e. The summed E-state index contributed by atoms with van der Waals surface area (Å²) in [5, 5.41) is 1.90. The summed E-state index contributed by atoms with van der Waals surface area (Å²) in [5.74, 6) is -1.87. The van der Waals surface area contributed by atoms with E-state index in [0.717, 1.165) is 5.69 Å². The second-order valence-electron chi connectivity index (χ2n) is 6.13. The minimum Gasteiger partial charge on any atom is -0.303 e. The largest absolute Gasteiger partial charge is 0.307 e. The van der Waals surface area contributed by atoms with Crippen molar-refractivity contribution < 1.29 is 8.78 Å². The van der Waals surface area contributed by atoms with Gasteiger partial charge in [0.25, 0.3) is 5.92 Å². The third-order valence-electron chi connectivity index (χ3n) is 4.41. The van der Waals surface area contributed by atoms with Crippen LogP contribution in [0.4, 0.5) is 8.78 Å². The second-order valence-corrected chi connectivity index (χ2v) is 6.95. The van der Waals surface area contributed by atoms with Gasteiger partial charge in [0, 0.05) is 29.5 Å². The van der Waals surface area contributed by atoms with Crippen molar-refractivity contribution in [1.29, 1.82) is 0 Å². The number of alkyl halides is 2. The minimum atomic E-state index is -2.43. The first-order valence-corrected chi connectivity index (χ1v) is 7.29. The van der Waals surface area contributed by atoms with Gasteiger partial charge in [0.15, 0.2) is 0 Å². The summed E-state index contributed by atoms with van der Waals surface area (Å²) in [4.78, 5) is 11.8. The molecule has 2 saturated carbocycles. The summed E-state index contributed by atoms with van der Waals surface area (Å²) in [7, 11) is 0. The Morgan fingerprint density at radius 1 is 1.50 bits per heavy atom. The zero-order valence-electron chi connectivity index (χ0n) is 10.6. The average molecular weight is 273 g/mol. The molecule has 1 aromatic heterocycles. The highest BCUT2D eigenvalue weighted by atomic mass is 32.1. The summed E-state index contributed by atoms with van der Waals surface area (Å²) in [5.41, 5.74) is 0.350. The molecule has 2 fully saturated rings. The molecule has 0 unspecified atom stereocenters. The Hall–Kier alpha value is -0.710. The summed E-state index contributed by atoms with van der Waals surface area (Å²) in [6.45, 7) is 4.72. The monoisotopic (exact) mass is 273 g/mol. The van der Waals surface area contributed by atoms with Crippen LogP contribution in [-0.2, 0) is 6.54 Å². The molecule has 2 aliphatic rings. The van der Waals surface area contributed by atoms with Gasteiger partial charge in [0.1, 0.15) is 0 Å². The van der Waals surface area contributed by atoms with Gasteiger partial charge in [-0.3, -0.25) is 4.79 Å². The van der Waals surface area contributed by atoms with E-state index in [9.17, 15) is 13.6 Å². The fourth-order valence-electron chi connectivity index (χ4n) is 3.23. The zero-order chi connectivity index (χ0) is 13.1. The molecule has 1 spiro atoms. The first-order valence-electron chi connectivity index (χ1n) is 6.41. The number of halogens is 2. The molecule has 0 N–H and O–H groups in total. The van der Waals surface area contributed by atoms with E-state index in [1.807, 2.05) is 5.38 Å². The van der Waals surface area contributed by atoms with E-state index in [0.29, 0.717) is 25.3 Å². The van der Waals surface area contributed by atoms with Crippen molar-refractivity contribution in [3.8, 4) is 0 Å². The Morgan fingerprint density at radius 3 is 2.61 bits per heavy atom. The minimum absolute atomic E-state index is 0.0437. The highest BCUT2D eigenvalue weighted by Gasteiger charge is 2.75. The van der Waals surface area contributed by atoms with Gasteiger partial charge in [-0.25, -0.2) is 8.78 Å². The van der Waals surface area contributed by atoms with Gasteiger partial charge in [-0.05, 0) is 24.7 Å². The lowest BCUT2D eigenvalue weighted by molar-refractivity contribution is -0.00300. The first kappa shape index (κ1) is 12.3. The molecule has 3 rings (SSSR count). The fourth-order valence-corrected chi connectivity index (χ4v) is 4.16. The fraction of sp³-hybridized carbons (Fsp3) is 0.769. The molecule has 0 radical (unpaired) electrons. The molecule has 0 bridgehead atoms. The van der Waals surface area contributed by atoms with E-state index in [4.69, 9.17) is 0 Å². The Balaban J connectivity index is 1.69. The quantitative estimate of drug-likeness (QED) is 0.826.